The molecule has 0 atom stereocenters. The predicted molar refractivity (Wildman–Crippen MR) is 98.4 cm³/mol. The van der Waals surface area contributed by atoms with Gasteiger partial charge in [0.2, 0.25) is 0 Å². The lowest BCUT2D eigenvalue weighted by Gasteiger charge is -2.06. The van der Waals surface area contributed by atoms with E-state index in [1.54, 1.807) is 37.0 Å². The lowest BCUT2D eigenvalue weighted by atomic mass is 10.2. The van der Waals surface area contributed by atoms with Gasteiger partial charge >= 0.3 is 0 Å². The second-order valence-electron chi connectivity index (χ2n) is 6.14. The molecule has 3 heterocycles. The fraction of sp³-hybridized carbons (Fsp3) is 0.333. The highest BCUT2D eigenvalue weighted by atomic mass is 16.3. The van der Waals surface area contributed by atoms with E-state index in [0.29, 0.717) is 29.2 Å². The minimum absolute atomic E-state index is 0.135. The zero-order chi connectivity index (χ0) is 19.6. The molecule has 0 radical (unpaired) electrons. The van der Waals surface area contributed by atoms with Gasteiger partial charge in [-0.2, -0.15) is 10.2 Å². The number of furan rings is 1. The molecule has 2 N–H and O–H groups in total. The Morgan fingerprint density at radius 3 is 2.63 bits per heavy atom. The average molecular weight is 370 g/mol. The van der Waals surface area contributed by atoms with Crippen LogP contribution in [-0.2, 0) is 20.1 Å². The van der Waals surface area contributed by atoms with Crippen molar-refractivity contribution in [2.75, 3.05) is 5.32 Å². The van der Waals surface area contributed by atoms with Crippen LogP contribution >= 0.6 is 0 Å². The Labute approximate surface area is 156 Å². The maximum absolute atomic E-state index is 12.8. The lowest BCUT2D eigenvalue weighted by molar-refractivity contribution is 0.0943. The summed E-state index contributed by atoms with van der Waals surface area (Å²) in [5.41, 5.74) is 2.39. The van der Waals surface area contributed by atoms with E-state index in [4.69, 9.17) is 4.42 Å². The number of carbonyl (C=O) groups is 2. The van der Waals surface area contributed by atoms with Gasteiger partial charge in [-0.1, -0.05) is 0 Å². The summed E-state index contributed by atoms with van der Waals surface area (Å²) in [7, 11) is 1.69. The van der Waals surface area contributed by atoms with Crippen molar-refractivity contribution in [1.29, 1.82) is 0 Å². The molecular weight excluding hydrogens is 348 g/mol. The Morgan fingerprint density at radius 2 is 2.00 bits per heavy atom. The molecule has 0 aliphatic rings. The van der Waals surface area contributed by atoms with Crippen molar-refractivity contribution in [3.05, 3.63) is 53.0 Å². The van der Waals surface area contributed by atoms with E-state index in [2.05, 4.69) is 20.8 Å². The molecule has 0 aromatic carbocycles. The van der Waals surface area contributed by atoms with Gasteiger partial charge in [-0.25, -0.2) is 0 Å². The molecule has 0 aliphatic carbocycles. The van der Waals surface area contributed by atoms with E-state index < -0.39 is 5.91 Å². The minimum atomic E-state index is -0.403. The van der Waals surface area contributed by atoms with Crippen molar-refractivity contribution in [1.82, 2.24) is 24.9 Å². The molecule has 0 saturated heterocycles. The predicted octanol–water partition coefficient (Wildman–Crippen LogP) is 2.03. The van der Waals surface area contributed by atoms with Crippen LogP contribution in [0.1, 0.15) is 44.9 Å². The Balaban J connectivity index is 1.78. The molecular formula is C18H22N6O3. The summed E-state index contributed by atoms with van der Waals surface area (Å²) in [5, 5.41) is 14.0. The van der Waals surface area contributed by atoms with Crippen LogP contribution in [0, 0.1) is 13.8 Å². The molecule has 9 nitrogen and oxygen atoms in total. The standard InChI is InChI=1S/C18H22N6O3/c1-5-24-12(3)15(11(2)21-24)17(25)20-14-10-23(4)22-16(14)18(26)19-9-13-7-6-8-27-13/h6-8,10H,5,9H2,1-4H3,(H,19,26)(H,20,25). The summed E-state index contributed by atoms with van der Waals surface area (Å²) in [5.74, 6) is -0.0964. The number of rotatable bonds is 6. The first-order chi connectivity index (χ1) is 12.9. The minimum Gasteiger partial charge on any atom is -0.467 e. The summed E-state index contributed by atoms with van der Waals surface area (Å²) < 4.78 is 8.44. The second kappa shape index (κ2) is 7.48. The molecule has 0 bridgehead atoms. The number of nitrogens with one attached hydrogen (secondary N) is 2. The number of anilines is 1. The SMILES string of the molecule is CCn1nc(C)c(C(=O)Nc2cn(C)nc2C(=O)NCc2ccco2)c1C. The Hall–Kier alpha value is -3.36. The highest BCUT2D eigenvalue weighted by Gasteiger charge is 2.22. The third-order valence-corrected chi connectivity index (χ3v) is 4.20. The van der Waals surface area contributed by atoms with Gasteiger partial charge in [0.25, 0.3) is 11.8 Å². The maximum Gasteiger partial charge on any atom is 0.274 e. The fourth-order valence-electron chi connectivity index (χ4n) is 2.93. The fourth-order valence-corrected chi connectivity index (χ4v) is 2.93. The van der Waals surface area contributed by atoms with Crippen LogP contribution < -0.4 is 10.6 Å². The third kappa shape index (κ3) is 3.76. The number of amides is 2. The van der Waals surface area contributed by atoms with Crippen molar-refractivity contribution < 1.29 is 14.0 Å². The molecule has 0 aliphatic heterocycles. The lowest BCUT2D eigenvalue weighted by Crippen LogP contribution is -2.25. The number of hydrogen-bond donors (Lipinski definition) is 2. The third-order valence-electron chi connectivity index (χ3n) is 4.20. The van der Waals surface area contributed by atoms with Gasteiger partial charge in [-0.05, 0) is 32.9 Å². The molecule has 3 aromatic heterocycles. The first kappa shape index (κ1) is 18.4. The van der Waals surface area contributed by atoms with Crippen LogP contribution in [0.2, 0.25) is 0 Å². The molecule has 9 heteroatoms. The highest BCUT2D eigenvalue weighted by molar-refractivity contribution is 6.09. The molecule has 0 fully saturated rings. The van der Waals surface area contributed by atoms with Gasteiger partial charge in [0, 0.05) is 25.5 Å². The van der Waals surface area contributed by atoms with Crippen molar-refractivity contribution in [2.45, 2.75) is 33.9 Å². The van der Waals surface area contributed by atoms with Crippen LogP contribution in [-0.4, -0.2) is 31.4 Å². The molecule has 0 spiro atoms. The summed E-state index contributed by atoms with van der Waals surface area (Å²) in [6.07, 6.45) is 3.13. The monoisotopic (exact) mass is 370 g/mol. The molecule has 3 rings (SSSR count). The van der Waals surface area contributed by atoms with Crippen LogP contribution in [0.4, 0.5) is 5.69 Å². The Bertz CT molecular complexity index is 968. The number of aromatic nitrogens is 4. The van der Waals surface area contributed by atoms with E-state index in [-0.39, 0.29) is 18.1 Å². The van der Waals surface area contributed by atoms with Crippen LogP contribution in [0.15, 0.2) is 29.0 Å². The number of nitrogens with zero attached hydrogens (tertiary/aromatic N) is 4. The van der Waals surface area contributed by atoms with E-state index in [1.807, 2.05) is 13.8 Å². The largest absolute Gasteiger partial charge is 0.467 e. The van der Waals surface area contributed by atoms with Gasteiger partial charge in [-0.15, -0.1) is 0 Å². The zero-order valence-electron chi connectivity index (χ0n) is 15.7. The first-order valence-corrected chi connectivity index (χ1v) is 8.60. The molecule has 3 aromatic rings. The zero-order valence-corrected chi connectivity index (χ0v) is 15.7. The smallest absolute Gasteiger partial charge is 0.274 e. The van der Waals surface area contributed by atoms with E-state index >= 15 is 0 Å². The van der Waals surface area contributed by atoms with Crippen molar-refractivity contribution in [3.63, 3.8) is 0 Å². The number of carbonyl (C=O) groups excluding carboxylic acids is 2. The van der Waals surface area contributed by atoms with Gasteiger partial charge in [0.15, 0.2) is 5.69 Å². The van der Waals surface area contributed by atoms with E-state index in [9.17, 15) is 9.59 Å². The average Bonchev–Trinajstić information content (AvgIpc) is 3.32. The van der Waals surface area contributed by atoms with Crippen molar-refractivity contribution in [3.8, 4) is 0 Å². The van der Waals surface area contributed by atoms with Crippen LogP contribution in [0.5, 0.6) is 0 Å². The molecule has 2 amide bonds. The normalized spacial score (nSPS) is 10.8. The van der Waals surface area contributed by atoms with Gasteiger partial charge in [-0.3, -0.25) is 19.0 Å². The summed E-state index contributed by atoms with van der Waals surface area (Å²) in [6.45, 7) is 6.50. The van der Waals surface area contributed by atoms with Crippen molar-refractivity contribution in [2.24, 2.45) is 7.05 Å². The number of aryl methyl sites for hydroxylation is 3. The quantitative estimate of drug-likeness (QED) is 0.690. The van der Waals surface area contributed by atoms with Crippen molar-refractivity contribution >= 4 is 17.5 Å². The highest BCUT2D eigenvalue weighted by Crippen LogP contribution is 2.18. The van der Waals surface area contributed by atoms with Gasteiger partial charge in [0.1, 0.15) is 5.76 Å². The second-order valence-corrected chi connectivity index (χ2v) is 6.14. The molecule has 0 unspecified atom stereocenters. The molecule has 27 heavy (non-hydrogen) atoms. The Kier molecular flexibility index (Phi) is 5.11. The van der Waals surface area contributed by atoms with Gasteiger partial charge < -0.3 is 15.1 Å². The topological polar surface area (TPSA) is 107 Å². The van der Waals surface area contributed by atoms with E-state index in [1.165, 1.54) is 10.9 Å². The summed E-state index contributed by atoms with van der Waals surface area (Å²) in [4.78, 5) is 25.2. The molecule has 0 saturated carbocycles. The van der Waals surface area contributed by atoms with Crippen LogP contribution in [0.3, 0.4) is 0 Å². The first-order valence-electron chi connectivity index (χ1n) is 8.60. The van der Waals surface area contributed by atoms with Gasteiger partial charge in [0.05, 0.1) is 29.8 Å². The number of hydrogen-bond acceptors (Lipinski definition) is 5. The van der Waals surface area contributed by atoms with E-state index in [0.717, 1.165) is 5.69 Å². The maximum atomic E-state index is 12.8. The van der Waals surface area contributed by atoms with Crippen LogP contribution in [0.25, 0.3) is 0 Å². The summed E-state index contributed by atoms with van der Waals surface area (Å²) >= 11 is 0. The summed E-state index contributed by atoms with van der Waals surface area (Å²) in [6, 6.07) is 3.51. The Morgan fingerprint density at radius 1 is 1.22 bits per heavy atom. The molecule has 142 valence electrons.